The van der Waals surface area contributed by atoms with Crippen molar-refractivity contribution in [2.75, 3.05) is 6.61 Å². The molecule has 250 valence electrons. The number of ether oxygens (including phenoxy) is 4. The standard InChI is InChI=1S/C35H56O9/c1-17-12-20-27(30(4,5)40)44-35(43-20)15-32(7)26-18(36)13-21-29(2,3)22(42-28-24(39)23(38)19(37)14-41-28)8-9-33(21)16-34(26,33)11-10-31(32,6)25(17)35/h17-28,36-40H,8-16H2,1-7H3/t17-,18-,19+,20-,21-,22-,23+,24+,25+,26+,27-,28+,31-,32+,33+,34-,35-/m1/s1. The van der Waals surface area contributed by atoms with E-state index in [1.165, 1.54) is 0 Å². The van der Waals surface area contributed by atoms with E-state index in [0.717, 1.165) is 44.9 Å². The zero-order valence-electron chi connectivity index (χ0n) is 27.7. The van der Waals surface area contributed by atoms with E-state index in [1.807, 2.05) is 13.8 Å². The summed E-state index contributed by atoms with van der Waals surface area (Å²) < 4.78 is 25.9. The second-order valence-corrected chi connectivity index (χ2v) is 18.4. The fraction of sp³-hybridized carbons (Fsp3) is 1.00. The molecule has 0 amide bonds. The van der Waals surface area contributed by atoms with Crippen LogP contribution in [0.1, 0.15) is 99.8 Å². The average molecular weight is 621 g/mol. The zero-order chi connectivity index (χ0) is 31.6. The first-order chi connectivity index (χ1) is 20.4. The zero-order valence-corrected chi connectivity index (χ0v) is 27.7. The minimum atomic E-state index is -1.31. The molecule has 3 spiro atoms. The summed E-state index contributed by atoms with van der Waals surface area (Å²) in [6.07, 6.45) is 1.70. The van der Waals surface area contributed by atoms with Crippen LogP contribution in [-0.2, 0) is 18.9 Å². The molecule has 5 saturated carbocycles. The van der Waals surface area contributed by atoms with Crippen LogP contribution in [0.3, 0.4) is 0 Å². The first-order valence-corrected chi connectivity index (χ1v) is 17.4. The van der Waals surface area contributed by atoms with E-state index >= 15 is 0 Å². The Morgan fingerprint density at radius 1 is 0.795 bits per heavy atom. The predicted octanol–water partition coefficient (Wildman–Crippen LogP) is 3.12. The maximum Gasteiger partial charge on any atom is 0.186 e. The second kappa shape index (κ2) is 9.00. The van der Waals surface area contributed by atoms with Gasteiger partial charge in [0.15, 0.2) is 12.1 Å². The Kier molecular flexibility index (Phi) is 6.33. The van der Waals surface area contributed by atoms with Crippen LogP contribution in [-0.4, -0.2) is 92.5 Å². The van der Waals surface area contributed by atoms with Gasteiger partial charge in [0.2, 0.25) is 0 Å². The van der Waals surface area contributed by atoms with Gasteiger partial charge in [-0.05, 0) is 104 Å². The number of aliphatic hydroxyl groups excluding tert-OH is 4. The van der Waals surface area contributed by atoms with Crippen LogP contribution in [0.25, 0.3) is 0 Å². The van der Waals surface area contributed by atoms with Gasteiger partial charge in [-0.1, -0.05) is 34.6 Å². The number of aliphatic hydroxyl groups is 5. The Balaban J connectivity index is 1.10. The van der Waals surface area contributed by atoms with Crippen LogP contribution in [0, 0.1) is 50.7 Å². The van der Waals surface area contributed by atoms with Crippen LogP contribution in [0.4, 0.5) is 0 Å². The van der Waals surface area contributed by atoms with Crippen LogP contribution >= 0.6 is 0 Å². The lowest BCUT2D eigenvalue weighted by molar-refractivity contribution is -0.304. The number of fused-ring (bicyclic) bond motifs is 4. The highest BCUT2D eigenvalue weighted by Gasteiger charge is 2.87. The molecule has 0 aromatic carbocycles. The van der Waals surface area contributed by atoms with Crippen molar-refractivity contribution < 1.29 is 44.5 Å². The van der Waals surface area contributed by atoms with E-state index < -0.39 is 42.1 Å². The summed E-state index contributed by atoms with van der Waals surface area (Å²) in [7, 11) is 0. The Labute approximate surface area is 262 Å². The van der Waals surface area contributed by atoms with Gasteiger partial charge in [0.1, 0.15) is 24.4 Å². The molecular formula is C35H56O9. The average Bonchev–Trinajstić information content (AvgIpc) is 3.38. The molecule has 44 heavy (non-hydrogen) atoms. The first kappa shape index (κ1) is 30.9. The van der Waals surface area contributed by atoms with Crippen LogP contribution in [0.5, 0.6) is 0 Å². The van der Waals surface area contributed by atoms with Gasteiger partial charge in [-0.2, -0.15) is 0 Å². The van der Waals surface area contributed by atoms with Crippen molar-refractivity contribution in [1.82, 2.24) is 0 Å². The molecule has 8 aliphatic rings. The Hall–Kier alpha value is -0.360. The predicted molar refractivity (Wildman–Crippen MR) is 159 cm³/mol. The van der Waals surface area contributed by atoms with Gasteiger partial charge < -0.3 is 44.5 Å². The monoisotopic (exact) mass is 620 g/mol. The first-order valence-electron chi connectivity index (χ1n) is 17.4. The van der Waals surface area contributed by atoms with E-state index in [2.05, 4.69) is 34.6 Å². The number of hydrogen-bond donors (Lipinski definition) is 5. The molecule has 8 fully saturated rings. The van der Waals surface area contributed by atoms with E-state index in [4.69, 9.17) is 18.9 Å². The lowest BCUT2D eigenvalue weighted by atomic mass is 9.41. The molecule has 3 heterocycles. The maximum absolute atomic E-state index is 12.4. The minimum Gasteiger partial charge on any atom is -0.393 e. The molecule has 0 aromatic heterocycles. The van der Waals surface area contributed by atoms with Crippen molar-refractivity contribution in [2.45, 2.75) is 160 Å². The second-order valence-electron chi connectivity index (χ2n) is 18.4. The Morgan fingerprint density at radius 3 is 2.23 bits per heavy atom. The molecule has 5 N–H and O–H groups in total. The highest BCUT2D eigenvalue weighted by atomic mass is 16.8. The van der Waals surface area contributed by atoms with Gasteiger partial charge in [0, 0.05) is 12.3 Å². The SMILES string of the molecule is C[C@@H]1C[C@H]2O[C@]3(C[C@@]4(C)[C@@H]5[C@H](O)C[C@@H]6C(C)(C)[C@H](O[C@@H]7OC[C@H](O)[C@H](O)[C@@H]7O)CC[C@]67C[C@]57CC[C@]4(C)[C@H]13)O[C@H]2C(C)(C)O. The van der Waals surface area contributed by atoms with Gasteiger partial charge in [-0.3, -0.25) is 0 Å². The van der Waals surface area contributed by atoms with Gasteiger partial charge in [-0.15, -0.1) is 0 Å². The largest absolute Gasteiger partial charge is 0.393 e. The van der Waals surface area contributed by atoms with Crippen molar-refractivity contribution in [3.05, 3.63) is 0 Å². The molecule has 2 bridgehead atoms. The van der Waals surface area contributed by atoms with Gasteiger partial charge in [0.25, 0.3) is 0 Å². The molecule has 3 aliphatic heterocycles. The summed E-state index contributed by atoms with van der Waals surface area (Å²) in [6, 6.07) is 0. The lowest BCUT2D eigenvalue weighted by Gasteiger charge is -2.64. The Bertz CT molecular complexity index is 1200. The summed E-state index contributed by atoms with van der Waals surface area (Å²) in [4.78, 5) is 0. The maximum atomic E-state index is 12.4. The summed E-state index contributed by atoms with van der Waals surface area (Å²) in [5.41, 5.74) is -1.28. The Morgan fingerprint density at radius 2 is 1.52 bits per heavy atom. The fourth-order valence-electron chi connectivity index (χ4n) is 14.0. The van der Waals surface area contributed by atoms with Crippen molar-refractivity contribution in [3.8, 4) is 0 Å². The summed E-state index contributed by atoms with van der Waals surface area (Å²) in [5, 5.41) is 54.2. The summed E-state index contributed by atoms with van der Waals surface area (Å²) in [5.74, 6) is 0.319. The number of rotatable bonds is 3. The smallest absolute Gasteiger partial charge is 0.186 e. The third-order valence-electron chi connectivity index (χ3n) is 15.7. The molecule has 0 aromatic rings. The van der Waals surface area contributed by atoms with E-state index in [-0.39, 0.29) is 69.7 Å². The third kappa shape index (κ3) is 3.53. The van der Waals surface area contributed by atoms with Gasteiger partial charge >= 0.3 is 0 Å². The van der Waals surface area contributed by atoms with Crippen LogP contribution < -0.4 is 0 Å². The molecule has 17 atom stereocenters. The molecule has 5 aliphatic carbocycles. The minimum absolute atomic E-state index is 0.0465. The van der Waals surface area contributed by atoms with Crippen LogP contribution in [0.2, 0.25) is 0 Å². The molecule has 0 radical (unpaired) electrons. The lowest BCUT2D eigenvalue weighted by Crippen LogP contribution is -2.63. The van der Waals surface area contributed by atoms with Crippen molar-refractivity contribution in [1.29, 1.82) is 0 Å². The fourth-order valence-corrected chi connectivity index (χ4v) is 14.0. The molecule has 3 saturated heterocycles. The summed E-state index contributed by atoms with van der Waals surface area (Å²) >= 11 is 0. The van der Waals surface area contributed by atoms with Crippen molar-refractivity contribution in [2.24, 2.45) is 50.7 Å². The molecule has 8 rings (SSSR count). The van der Waals surface area contributed by atoms with Crippen molar-refractivity contribution >= 4 is 0 Å². The third-order valence-corrected chi connectivity index (χ3v) is 15.7. The van der Waals surface area contributed by atoms with Gasteiger partial charge in [-0.25, -0.2) is 0 Å². The van der Waals surface area contributed by atoms with E-state index in [0.29, 0.717) is 12.3 Å². The molecule has 9 nitrogen and oxygen atoms in total. The molecular weight excluding hydrogens is 564 g/mol. The normalized spacial score (nSPS) is 62.2. The van der Waals surface area contributed by atoms with Crippen molar-refractivity contribution in [3.63, 3.8) is 0 Å². The highest BCUT2D eigenvalue weighted by Crippen LogP contribution is 2.90. The van der Waals surface area contributed by atoms with E-state index in [9.17, 15) is 25.5 Å². The quantitative estimate of drug-likeness (QED) is 0.301. The highest BCUT2D eigenvalue weighted by molar-refractivity contribution is 5.34. The molecule has 0 unspecified atom stereocenters. The molecule has 9 heteroatoms. The van der Waals surface area contributed by atoms with Gasteiger partial charge in [0.05, 0.1) is 30.5 Å². The summed E-state index contributed by atoms with van der Waals surface area (Å²) in [6.45, 7) is 15.4. The van der Waals surface area contributed by atoms with E-state index in [1.54, 1.807) is 0 Å². The topological polar surface area (TPSA) is 138 Å². The number of hydrogen-bond acceptors (Lipinski definition) is 9. The van der Waals surface area contributed by atoms with Crippen LogP contribution in [0.15, 0.2) is 0 Å².